The average Bonchev–Trinajstić information content (AvgIpc) is 2.47. The van der Waals surface area contributed by atoms with Crippen molar-refractivity contribution < 1.29 is 35.0 Å². The second-order valence-corrected chi connectivity index (χ2v) is 4.62. The Hall–Kier alpha value is -1.22. The zero-order chi connectivity index (χ0) is 14.7. The van der Waals surface area contributed by atoms with E-state index in [0.29, 0.717) is 5.56 Å². The lowest BCUT2D eigenvalue weighted by atomic mass is 10.0. The van der Waals surface area contributed by atoms with Crippen LogP contribution in [0.1, 0.15) is 11.9 Å². The maximum atomic E-state index is 9.92. The van der Waals surface area contributed by atoms with E-state index in [2.05, 4.69) is 0 Å². The highest BCUT2D eigenvalue weighted by Gasteiger charge is 2.42. The van der Waals surface area contributed by atoms with E-state index in [4.69, 9.17) is 14.6 Å². The van der Waals surface area contributed by atoms with Gasteiger partial charge in [-0.15, -0.1) is 0 Å². The number of aromatic hydroxyl groups is 1. The molecule has 1 aliphatic rings. The van der Waals surface area contributed by atoms with Crippen LogP contribution in [-0.4, -0.2) is 63.2 Å². The minimum atomic E-state index is -1.29. The Labute approximate surface area is 115 Å². The van der Waals surface area contributed by atoms with Gasteiger partial charge in [0.2, 0.25) is 0 Å². The Bertz CT molecular complexity index is 421. The number of ether oxygens (including phenoxy) is 2. The highest BCUT2D eigenvalue weighted by molar-refractivity contribution is 5.26. The van der Waals surface area contributed by atoms with Crippen LogP contribution in [0.2, 0.25) is 0 Å². The van der Waals surface area contributed by atoms with E-state index in [0.717, 1.165) is 0 Å². The van der Waals surface area contributed by atoms with E-state index < -0.39 is 43.9 Å². The van der Waals surface area contributed by atoms with Crippen molar-refractivity contribution in [3.05, 3.63) is 29.8 Å². The van der Waals surface area contributed by atoms with Crippen molar-refractivity contribution in [2.45, 2.75) is 30.7 Å². The quantitative estimate of drug-likeness (QED) is 0.475. The van der Waals surface area contributed by atoms with Crippen LogP contribution in [0.25, 0.3) is 0 Å². The molecule has 0 radical (unpaired) electrons. The standard InChI is InChI=1S/C13H18O7/c14-5-9(17)12-11(18)10(6-15)19-13(20-12)7-1-3-8(16)4-2-7/h1-4,9-18H,5-6H2/t9-,10+,11+,12+,13?/m1/s1. The summed E-state index contributed by atoms with van der Waals surface area (Å²) in [6, 6.07) is 6.01. The Morgan fingerprint density at radius 1 is 1.10 bits per heavy atom. The van der Waals surface area contributed by atoms with E-state index in [-0.39, 0.29) is 5.75 Å². The fourth-order valence-corrected chi connectivity index (χ4v) is 2.07. The second-order valence-electron chi connectivity index (χ2n) is 4.62. The molecule has 112 valence electrons. The van der Waals surface area contributed by atoms with Crippen LogP contribution in [0.5, 0.6) is 5.75 Å². The van der Waals surface area contributed by atoms with Crippen molar-refractivity contribution in [3.8, 4) is 5.75 Å². The molecule has 1 fully saturated rings. The summed E-state index contributed by atoms with van der Waals surface area (Å²) in [5.41, 5.74) is 0.559. The zero-order valence-electron chi connectivity index (χ0n) is 10.7. The topological polar surface area (TPSA) is 120 Å². The van der Waals surface area contributed by atoms with Gasteiger partial charge in [0.1, 0.15) is 30.2 Å². The predicted molar refractivity (Wildman–Crippen MR) is 66.8 cm³/mol. The van der Waals surface area contributed by atoms with E-state index in [1.54, 1.807) is 12.1 Å². The summed E-state index contributed by atoms with van der Waals surface area (Å²) < 4.78 is 10.8. The molecule has 1 aromatic rings. The molecule has 0 bridgehead atoms. The molecule has 1 unspecified atom stereocenters. The number of benzene rings is 1. The van der Waals surface area contributed by atoms with Gasteiger partial charge in [-0.3, -0.25) is 0 Å². The summed E-state index contributed by atoms with van der Waals surface area (Å²) in [5.74, 6) is 0.0789. The van der Waals surface area contributed by atoms with E-state index >= 15 is 0 Å². The van der Waals surface area contributed by atoms with Crippen LogP contribution in [-0.2, 0) is 9.47 Å². The number of phenols is 1. The van der Waals surface area contributed by atoms with Gasteiger partial charge in [-0.25, -0.2) is 0 Å². The van der Waals surface area contributed by atoms with Crippen molar-refractivity contribution in [1.29, 1.82) is 0 Å². The third-order valence-electron chi connectivity index (χ3n) is 3.21. The fourth-order valence-electron chi connectivity index (χ4n) is 2.07. The average molecular weight is 286 g/mol. The first-order valence-corrected chi connectivity index (χ1v) is 6.24. The Kier molecular flexibility index (Phi) is 4.92. The first-order chi connectivity index (χ1) is 9.56. The third-order valence-corrected chi connectivity index (χ3v) is 3.21. The first-order valence-electron chi connectivity index (χ1n) is 6.24. The number of phenolic OH excluding ortho intramolecular Hbond substituents is 1. The van der Waals surface area contributed by atoms with E-state index in [1.807, 2.05) is 0 Å². The van der Waals surface area contributed by atoms with Crippen LogP contribution in [0.15, 0.2) is 24.3 Å². The normalized spacial score (nSPS) is 32.0. The van der Waals surface area contributed by atoms with Crippen molar-refractivity contribution in [1.82, 2.24) is 0 Å². The van der Waals surface area contributed by atoms with Gasteiger partial charge in [0.25, 0.3) is 0 Å². The van der Waals surface area contributed by atoms with Crippen molar-refractivity contribution in [3.63, 3.8) is 0 Å². The molecule has 0 spiro atoms. The van der Waals surface area contributed by atoms with Gasteiger partial charge in [-0.2, -0.15) is 0 Å². The molecule has 5 atom stereocenters. The Morgan fingerprint density at radius 2 is 1.75 bits per heavy atom. The van der Waals surface area contributed by atoms with Crippen LogP contribution in [0.3, 0.4) is 0 Å². The minimum absolute atomic E-state index is 0.0789. The molecule has 0 saturated carbocycles. The molecule has 5 N–H and O–H groups in total. The summed E-state index contributed by atoms with van der Waals surface area (Å²) >= 11 is 0. The summed E-state index contributed by atoms with van der Waals surface area (Å²) in [6.45, 7) is -1.03. The molecular formula is C13H18O7. The molecule has 1 heterocycles. The van der Waals surface area contributed by atoms with Crippen LogP contribution in [0.4, 0.5) is 0 Å². The highest BCUT2D eigenvalue weighted by Crippen LogP contribution is 2.32. The van der Waals surface area contributed by atoms with E-state index in [9.17, 15) is 20.4 Å². The molecule has 7 nitrogen and oxygen atoms in total. The van der Waals surface area contributed by atoms with Gasteiger partial charge in [0, 0.05) is 5.56 Å². The first kappa shape index (κ1) is 15.2. The zero-order valence-corrected chi connectivity index (χ0v) is 10.7. The van der Waals surface area contributed by atoms with Gasteiger partial charge in [0.15, 0.2) is 6.29 Å². The minimum Gasteiger partial charge on any atom is -0.508 e. The lowest BCUT2D eigenvalue weighted by Gasteiger charge is -2.40. The number of rotatable bonds is 4. The highest BCUT2D eigenvalue weighted by atomic mass is 16.7. The lowest BCUT2D eigenvalue weighted by molar-refractivity contribution is -0.310. The van der Waals surface area contributed by atoms with Crippen LogP contribution in [0, 0.1) is 0 Å². The van der Waals surface area contributed by atoms with Gasteiger partial charge in [-0.1, -0.05) is 12.1 Å². The Morgan fingerprint density at radius 3 is 2.30 bits per heavy atom. The van der Waals surface area contributed by atoms with Crippen LogP contribution >= 0.6 is 0 Å². The maximum absolute atomic E-state index is 9.92. The number of hydrogen-bond donors (Lipinski definition) is 5. The molecule has 0 aliphatic carbocycles. The van der Waals surface area contributed by atoms with Gasteiger partial charge in [-0.05, 0) is 12.1 Å². The number of aliphatic hydroxyl groups is 4. The molecule has 2 rings (SSSR count). The molecule has 0 amide bonds. The smallest absolute Gasteiger partial charge is 0.184 e. The number of hydrogen-bond acceptors (Lipinski definition) is 7. The SMILES string of the molecule is OC[C@@H](O)[C@@H]1OC(c2ccc(O)cc2)O[C@@H](CO)[C@@H]1O. The van der Waals surface area contributed by atoms with Crippen LogP contribution < -0.4 is 0 Å². The van der Waals surface area contributed by atoms with Crippen molar-refractivity contribution in [2.24, 2.45) is 0 Å². The third kappa shape index (κ3) is 3.09. The monoisotopic (exact) mass is 286 g/mol. The number of aliphatic hydroxyl groups excluding tert-OH is 4. The lowest BCUT2D eigenvalue weighted by Crippen LogP contribution is -2.54. The summed E-state index contributed by atoms with van der Waals surface area (Å²) in [4.78, 5) is 0. The molecule has 1 aliphatic heterocycles. The fraction of sp³-hybridized carbons (Fsp3) is 0.538. The predicted octanol–water partition coefficient (Wildman–Crippen LogP) is -1.12. The largest absolute Gasteiger partial charge is 0.508 e. The molecule has 0 aromatic heterocycles. The Balaban J connectivity index is 2.19. The molecule has 1 saturated heterocycles. The molecular weight excluding hydrogens is 268 g/mol. The molecule has 1 aromatic carbocycles. The second kappa shape index (κ2) is 6.49. The van der Waals surface area contributed by atoms with Gasteiger partial charge in [0.05, 0.1) is 13.2 Å². The summed E-state index contributed by atoms with van der Waals surface area (Å²) in [5, 5.41) is 47.0. The van der Waals surface area contributed by atoms with Crippen molar-refractivity contribution >= 4 is 0 Å². The van der Waals surface area contributed by atoms with Gasteiger partial charge >= 0.3 is 0 Å². The molecule has 20 heavy (non-hydrogen) atoms. The van der Waals surface area contributed by atoms with Crippen molar-refractivity contribution in [2.75, 3.05) is 13.2 Å². The van der Waals surface area contributed by atoms with E-state index in [1.165, 1.54) is 12.1 Å². The maximum Gasteiger partial charge on any atom is 0.184 e. The summed E-state index contributed by atoms with van der Waals surface area (Å²) in [6.07, 6.45) is -5.47. The molecule has 7 heteroatoms. The summed E-state index contributed by atoms with van der Waals surface area (Å²) in [7, 11) is 0. The van der Waals surface area contributed by atoms with Gasteiger partial charge < -0.3 is 35.0 Å².